The van der Waals surface area contributed by atoms with E-state index in [1.807, 2.05) is 36.2 Å². The molecule has 1 atom stereocenters. The monoisotopic (exact) mass is 666 g/mol. The Morgan fingerprint density at radius 2 is 1.94 bits per heavy atom. The molecule has 0 radical (unpaired) electrons. The van der Waals surface area contributed by atoms with Crippen molar-refractivity contribution in [2.75, 3.05) is 32.7 Å². The van der Waals surface area contributed by atoms with Crippen molar-refractivity contribution < 1.29 is 19.0 Å². The number of fused-ring (bicyclic) bond motifs is 1. The molecule has 2 aliphatic heterocycles. The van der Waals surface area contributed by atoms with Crippen molar-refractivity contribution >= 4 is 28.8 Å². The lowest BCUT2D eigenvalue weighted by molar-refractivity contribution is 0.182. The summed E-state index contributed by atoms with van der Waals surface area (Å²) in [6, 6.07) is 10.3. The van der Waals surface area contributed by atoms with E-state index in [0.29, 0.717) is 13.2 Å². The third-order valence-electron chi connectivity index (χ3n) is 9.67. The molecule has 3 aliphatic rings. The van der Waals surface area contributed by atoms with Crippen LogP contribution in [0.25, 0.3) is 0 Å². The molecular weight excluding hydrogens is 612 g/mol. The Bertz CT molecular complexity index is 1650. The molecular formula is C41H54N4O4. The Labute approximate surface area is 293 Å². The van der Waals surface area contributed by atoms with Gasteiger partial charge < -0.3 is 24.4 Å². The van der Waals surface area contributed by atoms with E-state index in [-0.39, 0.29) is 12.1 Å². The van der Waals surface area contributed by atoms with Gasteiger partial charge in [0.05, 0.1) is 19.4 Å². The van der Waals surface area contributed by atoms with Crippen molar-refractivity contribution in [3.63, 3.8) is 0 Å². The number of carbonyl (C=O) groups is 1. The molecule has 0 saturated heterocycles. The van der Waals surface area contributed by atoms with Gasteiger partial charge in [0, 0.05) is 55.8 Å². The highest BCUT2D eigenvalue weighted by atomic mass is 16.5. The molecule has 2 aromatic rings. The van der Waals surface area contributed by atoms with Gasteiger partial charge in [0.25, 0.3) is 0 Å². The Balaban J connectivity index is 1.28. The van der Waals surface area contributed by atoms with Crippen molar-refractivity contribution in [3.05, 3.63) is 82.3 Å². The number of hydrogen-bond acceptors (Lipinski definition) is 6. The number of allylic oxidation sites excluding steroid dienone is 4. The van der Waals surface area contributed by atoms with Gasteiger partial charge in [-0.2, -0.15) is 0 Å². The minimum absolute atomic E-state index is 0.00880. The minimum atomic E-state index is -0.00880. The third kappa shape index (κ3) is 9.72. The fourth-order valence-corrected chi connectivity index (χ4v) is 6.96. The number of nitrogens with zero attached hydrogens (tertiary/aromatic N) is 3. The Kier molecular flexibility index (Phi) is 12.9. The first-order valence-electron chi connectivity index (χ1n) is 18.0. The minimum Gasteiger partial charge on any atom is -0.497 e. The number of ether oxygens (including phenoxy) is 3. The number of hydrogen-bond donors (Lipinski definition) is 1. The van der Waals surface area contributed by atoms with E-state index in [2.05, 4.69) is 50.4 Å². The molecule has 1 aliphatic carbocycles. The first kappa shape index (κ1) is 36.1. The molecule has 0 aromatic heterocycles. The second kappa shape index (κ2) is 17.5. The van der Waals surface area contributed by atoms with Crippen LogP contribution in [0.4, 0.5) is 16.2 Å². The molecule has 1 N–H and O–H groups in total. The number of benzene rings is 2. The van der Waals surface area contributed by atoms with Gasteiger partial charge >= 0.3 is 6.03 Å². The first-order valence-corrected chi connectivity index (χ1v) is 18.0. The summed E-state index contributed by atoms with van der Waals surface area (Å²) >= 11 is 0. The summed E-state index contributed by atoms with van der Waals surface area (Å²) in [6.45, 7) is 9.74. The highest BCUT2D eigenvalue weighted by Gasteiger charge is 2.28. The van der Waals surface area contributed by atoms with Gasteiger partial charge in [0.1, 0.15) is 17.3 Å². The molecule has 2 heterocycles. The fourth-order valence-electron chi connectivity index (χ4n) is 6.96. The van der Waals surface area contributed by atoms with Crippen LogP contribution in [-0.4, -0.2) is 55.8 Å². The fraction of sp³-hybridized carbons (Fsp3) is 0.488. The Hall–Kier alpha value is -4.17. The van der Waals surface area contributed by atoms with Gasteiger partial charge in [0.15, 0.2) is 0 Å². The van der Waals surface area contributed by atoms with Crippen LogP contribution in [0.5, 0.6) is 11.5 Å². The Morgan fingerprint density at radius 3 is 2.71 bits per heavy atom. The number of rotatable bonds is 13. The predicted molar refractivity (Wildman–Crippen MR) is 201 cm³/mol. The molecule has 0 bridgehead atoms. The van der Waals surface area contributed by atoms with E-state index >= 15 is 0 Å². The summed E-state index contributed by atoms with van der Waals surface area (Å²) in [5.41, 5.74) is 9.94. The molecule has 0 spiro atoms. The lowest BCUT2D eigenvalue weighted by Gasteiger charge is -2.29. The quantitative estimate of drug-likeness (QED) is 0.170. The van der Waals surface area contributed by atoms with E-state index in [1.165, 1.54) is 16.7 Å². The number of nitrogens with one attached hydrogen (secondary N) is 1. The van der Waals surface area contributed by atoms with Gasteiger partial charge in [-0.1, -0.05) is 31.9 Å². The molecule has 8 nitrogen and oxygen atoms in total. The molecule has 5 rings (SSSR count). The van der Waals surface area contributed by atoms with Crippen LogP contribution in [0, 0.1) is 6.92 Å². The van der Waals surface area contributed by atoms with E-state index in [1.54, 1.807) is 14.2 Å². The van der Waals surface area contributed by atoms with E-state index < -0.39 is 0 Å². The molecule has 49 heavy (non-hydrogen) atoms. The second-order valence-electron chi connectivity index (χ2n) is 13.5. The largest absolute Gasteiger partial charge is 0.497 e. The third-order valence-corrected chi connectivity index (χ3v) is 9.67. The molecule has 0 saturated carbocycles. The topological polar surface area (TPSA) is 84.8 Å². The maximum atomic E-state index is 13.3. The van der Waals surface area contributed by atoms with Gasteiger partial charge in [-0.15, -0.1) is 0 Å². The molecule has 2 aromatic carbocycles. The number of methoxy groups -OCH3 is 2. The van der Waals surface area contributed by atoms with Gasteiger partial charge in [0.2, 0.25) is 0 Å². The van der Waals surface area contributed by atoms with Crippen molar-refractivity contribution in [1.82, 2.24) is 4.90 Å². The lowest BCUT2D eigenvalue weighted by atomic mass is 10.0. The zero-order chi connectivity index (χ0) is 34.8. The summed E-state index contributed by atoms with van der Waals surface area (Å²) < 4.78 is 17.4. The summed E-state index contributed by atoms with van der Waals surface area (Å²) in [7, 11) is 3.38. The normalized spacial score (nSPS) is 18.6. The van der Waals surface area contributed by atoms with Crippen molar-refractivity contribution in [2.24, 2.45) is 9.98 Å². The van der Waals surface area contributed by atoms with E-state index in [4.69, 9.17) is 24.2 Å². The van der Waals surface area contributed by atoms with E-state index in [0.717, 1.165) is 122 Å². The maximum absolute atomic E-state index is 13.3. The average Bonchev–Trinajstić information content (AvgIpc) is 3.51. The number of urea groups is 1. The van der Waals surface area contributed by atoms with Gasteiger partial charge in [-0.25, -0.2) is 4.79 Å². The zero-order valence-corrected chi connectivity index (χ0v) is 30.4. The highest BCUT2D eigenvalue weighted by Crippen LogP contribution is 2.34. The van der Waals surface area contributed by atoms with Crippen molar-refractivity contribution in [2.45, 2.75) is 104 Å². The van der Waals surface area contributed by atoms with Crippen LogP contribution in [0.15, 0.2) is 75.6 Å². The molecule has 8 heteroatoms. The van der Waals surface area contributed by atoms with Crippen LogP contribution in [-0.2, 0) is 17.6 Å². The molecule has 1 unspecified atom stereocenters. The SMILES string of the molecule is CCCCc1cc(OC2=CC(CC3=CCCC(N4CCc5cc(OC)ccc5NC4=O)CC3)=NC=C(CC)C2)cc(C)c1N=C(C)COC. The highest BCUT2D eigenvalue weighted by molar-refractivity contribution is 5.97. The predicted octanol–water partition coefficient (Wildman–Crippen LogP) is 9.84. The summed E-state index contributed by atoms with van der Waals surface area (Å²) in [5.74, 6) is 2.59. The van der Waals surface area contributed by atoms with Crippen LogP contribution >= 0.6 is 0 Å². The summed E-state index contributed by atoms with van der Waals surface area (Å²) in [4.78, 5) is 25.2. The van der Waals surface area contributed by atoms with Crippen molar-refractivity contribution in [3.8, 4) is 11.5 Å². The zero-order valence-electron chi connectivity index (χ0n) is 30.4. The van der Waals surface area contributed by atoms with Gasteiger partial charge in [-0.05, 0) is 124 Å². The van der Waals surface area contributed by atoms with Crippen LogP contribution < -0.4 is 14.8 Å². The smallest absolute Gasteiger partial charge is 0.322 e. The maximum Gasteiger partial charge on any atom is 0.322 e. The number of amides is 2. The second-order valence-corrected chi connectivity index (χ2v) is 13.5. The van der Waals surface area contributed by atoms with Crippen LogP contribution in [0.1, 0.15) is 95.2 Å². The number of anilines is 1. The van der Waals surface area contributed by atoms with Crippen LogP contribution in [0.2, 0.25) is 0 Å². The van der Waals surface area contributed by atoms with Crippen molar-refractivity contribution in [1.29, 1.82) is 0 Å². The molecule has 262 valence electrons. The first-order chi connectivity index (χ1) is 23.8. The molecule has 2 amide bonds. The van der Waals surface area contributed by atoms with E-state index in [9.17, 15) is 4.79 Å². The van der Waals surface area contributed by atoms with Crippen LogP contribution in [0.3, 0.4) is 0 Å². The standard InChI is InChI=1S/C41H54N4O4/c1-7-9-12-33-24-37(20-28(3)40(33)43-29(4)27-47-5)49-38-22-30(8-2)26-42-34(25-38)21-31-11-10-13-35(15-14-31)45-19-18-32-23-36(48-6)16-17-39(32)44-41(45)46/h11,16-17,20,23-26,35H,7-10,12-15,18-19,21-22,27H2,1-6H3,(H,44,46). The van der Waals surface area contributed by atoms with Gasteiger partial charge in [-0.3, -0.25) is 9.98 Å². The summed E-state index contributed by atoms with van der Waals surface area (Å²) in [6.07, 6.45) is 16.7. The number of unbranched alkanes of at least 4 members (excludes halogenated alkanes) is 1. The average molecular weight is 667 g/mol. The number of aryl methyl sites for hydroxylation is 2. The number of aliphatic imine (C=N–C) groups is 2. The lowest BCUT2D eigenvalue weighted by Crippen LogP contribution is -2.42. The Morgan fingerprint density at radius 1 is 1.08 bits per heavy atom. The number of carbonyl (C=O) groups excluding carboxylic acids is 1. The molecule has 0 fully saturated rings. The summed E-state index contributed by atoms with van der Waals surface area (Å²) in [5, 5.41) is 3.15.